The SMILES string of the molecule is O=C(O)C1CSCN1C(=O)[C@H]1CCCNC1. The highest BCUT2D eigenvalue weighted by atomic mass is 32.2. The lowest BCUT2D eigenvalue weighted by Gasteiger charge is -2.28. The molecule has 0 aromatic rings. The number of carbonyl (C=O) groups is 2. The normalized spacial score (nSPS) is 30.4. The van der Waals surface area contributed by atoms with Crippen LogP contribution in [-0.2, 0) is 9.59 Å². The minimum Gasteiger partial charge on any atom is -0.480 e. The number of carboxylic acid groups (broad SMARTS) is 1. The smallest absolute Gasteiger partial charge is 0.327 e. The molecule has 0 bridgehead atoms. The molecule has 1 amide bonds. The molecule has 2 heterocycles. The van der Waals surface area contributed by atoms with Gasteiger partial charge in [0.1, 0.15) is 6.04 Å². The lowest BCUT2D eigenvalue weighted by Crippen LogP contribution is -2.48. The van der Waals surface area contributed by atoms with Crippen molar-refractivity contribution in [3.8, 4) is 0 Å². The molecule has 90 valence electrons. The van der Waals surface area contributed by atoms with Crippen LogP contribution in [-0.4, -0.2) is 52.6 Å². The minimum absolute atomic E-state index is 0.00426. The summed E-state index contributed by atoms with van der Waals surface area (Å²) in [5.74, 6) is 0.120. The van der Waals surface area contributed by atoms with Crippen LogP contribution in [0.3, 0.4) is 0 Å². The average molecular weight is 244 g/mol. The van der Waals surface area contributed by atoms with Crippen LogP contribution in [0.4, 0.5) is 0 Å². The third-order valence-corrected chi connectivity index (χ3v) is 4.11. The van der Waals surface area contributed by atoms with E-state index in [0.717, 1.165) is 19.4 Å². The molecule has 2 saturated heterocycles. The van der Waals surface area contributed by atoms with E-state index in [-0.39, 0.29) is 11.8 Å². The molecule has 0 radical (unpaired) electrons. The second kappa shape index (κ2) is 5.05. The summed E-state index contributed by atoms with van der Waals surface area (Å²) in [7, 11) is 0. The molecule has 2 aliphatic rings. The summed E-state index contributed by atoms with van der Waals surface area (Å²) in [6.07, 6.45) is 1.87. The highest BCUT2D eigenvalue weighted by Gasteiger charge is 2.37. The van der Waals surface area contributed by atoms with Crippen LogP contribution in [0.25, 0.3) is 0 Å². The molecular formula is C10H16N2O3S. The second-order valence-corrected chi connectivity index (χ2v) is 5.21. The van der Waals surface area contributed by atoms with Gasteiger partial charge in [-0.25, -0.2) is 4.79 Å². The summed E-state index contributed by atoms with van der Waals surface area (Å²) in [6, 6.07) is -0.626. The Morgan fingerprint density at radius 1 is 1.44 bits per heavy atom. The lowest BCUT2D eigenvalue weighted by molar-refractivity contribution is -0.149. The fourth-order valence-electron chi connectivity index (χ4n) is 2.16. The third-order valence-electron chi connectivity index (χ3n) is 3.10. The maximum atomic E-state index is 12.1. The zero-order valence-electron chi connectivity index (χ0n) is 9.02. The van der Waals surface area contributed by atoms with Crippen LogP contribution in [0.1, 0.15) is 12.8 Å². The molecule has 0 aliphatic carbocycles. The van der Waals surface area contributed by atoms with Crippen molar-refractivity contribution in [3.05, 3.63) is 0 Å². The van der Waals surface area contributed by atoms with E-state index in [2.05, 4.69) is 5.32 Å². The van der Waals surface area contributed by atoms with Crippen molar-refractivity contribution in [3.63, 3.8) is 0 Å². The number of carboxylic acids is 1. The fourth-order valence-corrected chi connectivity index (χ4v) is 3.32. The fraction of sp³-hybridized carbons (Fsp3) is 0.800. The standard InChI is InChI=1S/C10H16N2O3S/c13-9(7-2-1-3-11-4-7)12-6-16-5-8(12)10(14)15/h7-8,11H,1-6H2,(H,14,15)/t7-,8?/m0/s1. The van der Waals surface area contributed by atoms with E-state index < -0.39 is 12.0 Å². The topological polar surface area (TPSA) is 69.6 Å². The highest BCUT2D eigenvalue weighted by Crippen LogP contribution is 2.24. The number of nitrogens with one attached hydrogen (secondary N) is 1. The van der Waals surface area contributed by atoms with Gasteiger partial charge in [-0.3, -0.25) is 4.79 Å². The second-order valence-electron chi connectivity index (χ2n) is 4.21. The molecule has 16 heavy (non-hydrogen) atoms. The van der Waals surface area contributed by atoms with Crippen LogP contribution in [0, 0.1) is 5.92 Å². The highest BCUT2D eigenvalue weighted by molar-refractivity contribution is 7.99. The number of thioether (sulfide) groups is 1. The number of hydrogen-bond donors (Lipinski definition) is 2. The molecule has 2 rings (SSSR count). The molecular weight excluding hydrogens is 228 g/mol. The van der Waals surface area contributed by atoms with Crippen molar-refractivity contribution in [2.24, 2.45) is 5.92 Å². The number of rotatable bonds is 2. The van der Waals surface area contributed by atoms with Crippen LogP contribution in [0.5, 0.6) is 0 Å². The summed E-state index contributed by atoms with van der Waals surface area (Å²) in [5.41, 5.74) is 0. The van der Waals surface area contributed by atoms with Gasteiger partial charge in [0.05, 0.1) is 11.8 Å². The lowest BCUT2D eigenvalue weighted by atomic mass is 9.98. The molecule has 2 fully saturated rings. The Kier molecular flexibility index (Phi) is 3.70. The molecule has 0 aromatic heterocycles. The maximum absolute atomic E-state index is 12.1. The number of nitrogens with zero attached hydrogens (tertiary/aromatic N) is 1. The Labute approximate surface area is 98.6 Å². The Bertz CT molecular complexity index is 292. The van der Waals surface area contributed by atoms with E-state index in [1.54, 1.807) is 0 Å². The van der Waals surface area contributed by atoms with Crippen molar-refractivity contribution < 1.29 is 14.7 Å². The zero-order valence-corrected chi connectivity index (χ0v) is 9.83. The van der Waals surface area contributed by atoms with Crippen LogP contribution < -0.4 is 5.32 Å². The molecule has 0 saturated carbocycles. The van der Waals surface area contributed by atoms with Gasteiger partial charge in [-0.1, -0.05) is 0 Å². The molecule has 6 heteroatoms. The van der Waals surface area contributed by atoms with E-state index in [9.17, 15) is 9.59 Å². The van der Waals surface area contributed by atoms with Crippen molar-refractivity contribution in [2.75, 3.05) is 24.7 Å². The van der Waals surface area contributed by atoms with Crippen molar-refractivity contribution in [2.45, 2.75) is 18.9 Å². The Morgan fingerprint density at radius 2 is 2.25 bits per heavy atom. The van der Waals surface area contributed by atoms with Gasteiger partial charge in [0.2, 0.25) is 5.91 Å². The molecule has 2 aliphatic heterocycles. The largest absolute Gasteiger partial charge is 0.480 e. The first-order valence-corrected chi connectivity index (χ1v) is 6.67. The summed E-state index contributed by atoms with van der Waals surface area (Å²) < 4.78 is 0. The minimum atomic E-state index is -0.887. The van der Waals surface area contributed by atoms with Gasteiger partial charge in [0, 0.05) is 12.3 Å². The summed E-state index contributed by atoms with van der Waals surface area (Å²) in [6.45, 7) is 1.65. The van der Waals surface area contributed by atoms with Gasteiger partial charge in [0.15, 0.2) is 0 Å². The zero-order chi connectivity index (χ0) is 11.5. The van der Waals surface area contributed by atoms with Gasteiger partial charge < -0.3 is 15.3 Å². The monoisotopic (exact) mass is 244 g/mol. The van der Waals surface area contributed by atoms with Crippen molar-refractivity contribution >= 4 is 23.6 Å². The number of aliphatic carboxylic acids is 1. The van der Waals surface area contributed by atoms with Crippen molar-refractivity contribution in [1.29, 1.82) is 0 Å². The van der Waals surface area contributed by atoms with Gasteiger partial charge in [-0.05, 0) is 19.4 Å². The molecule has 2 N–H and O–H groups in total. The Morgan fingerprint density at radius 3 is 2.88 bits per heavy atom. The first-order chi connectivity index (χ1) is 7.70. The van der Waals surface area contributed by atoms with Gasteiger partial charge in [0.25, 0.3) is 0 Å². The maximum Gasteiger partial charge on any atom is 0.327 e. The quantitative estimate of drug-likeness (QED) is 0.714. The molecule has 0 spiro atoms. The van der Waals surface area contributed by atoms with Gasteiger partial charge >= 0.3 is 5.97 Å². The van der Waals surface area contributed by atoms with E-state index in [1.165, 1.54) is 16.7 Å². The number of amides is 1. The molecule has 2 atom stereocenters. The van der Waals surface area contributed by atoms with E-state index >= 15 is 0 Å². The molecule has 1 unspecified atom stereocenters. The summed E-state index contributed by atoms with van der Waals surface area (Å²) in [4.78, 5) is 24.6. The first kappa shape index (κ1) is 11.7. The number of hydrogen-bond acceptors (Lipinski definition) is 4. The summed E-state index contributed by atoms with van der Waals surface area (Å²) in [5, 5.41) is 12.2. The van der Waals surface area contributed by atoms with Crippen LogP contribution in [0.2, 0.25) is 0 Å². The predicted octanol–water partition coefficient (Wildman–Crippen LogP) is -0.0279. The Balaban J connectivity index is 1.99. The van der Waals surface area contributed by atoms with Crippen molar-refractivity contribution in [1.82, 2.24) is 10.2 Å². The molecule has 0 aromatic carbocycles. The van der Waals surface area contributed by atoms with Crippen LogP contribution >= 0.6 is 11.8 Å². The molecule has 5 nitrogen and oxygen atoms in total. The predicted molar refractivity (Wildman–Crippen MR) is 61.2 cm³/mol. The van der Waals surface area contributed by atoms with E-state index in [1.807, 2.05) is 0 Å². The average Bonchev–Trinajstić information content (AvgIpc) is 2.78. The third kappa shape index (κ3) is 2.32. The first-order valence-electron chi connectivity index (χ1n) is 5.52. The van der Waals surface area contributed by atoms with E-state index in [4.69, 9.17) is 5.11 Å². The number of carbonyl (C=O) groups excluding carboxylic acids is 1. The Hall–Kier alpha value is -0.750. The number of piperidine rings is 1. The van der Waals surface area contributed by atoms with Gasteiger partial charge in [-0.2, -0.15) is 0 Å². The van der Waals surface area contributed by atoms with Crippen LogP contribution in [0.15, 0.2) is 0 Å². The van der Waals surface area contributed by atoms with E-state index in [0.29, 0.717) is 18.2 Å². The van der Waals surface area contributed by atoms with Gasteiger partial charge in [-0.15, -0.1) is 11.8 Å². The summed E-state index contributed by atoms with van der Waals surface area (Å²) >= 11 is 1.51.